The average molecular weight is 445 g/mol. The second-order valence-corrected chi connectivity index (χ2v) is 10.8. The van der Waals surface area contributed by atoms with Gasteiger partial charge in [0.25, 0.3) is 5.91 Å². The molecule has 4 rings (SSSR count). The van der Waals surface area contributed by atoms with E-state index >= 15 is 0 Å². The largest absolute Gasteiger partial charge is 0.366 e. The van der Waals surface area contributed by atoms with Crippen molar-refractivity contribution in [1.29, 1.82) is 0 Å². The molecular formula is C17H28N6O6S. The zero-order chi connectivity index (χ0) is 21.8. The Labute approximate surface area is 174 Å². The van der Waals surface area contributed by atoms with Crippen LogP contribution in [0, 0.1) is 5.92 Å². The van der Waals surface area contributed by atoms with Gasteiger partial charge in [-0.1, -0.05) is 0 Å². The van der Waals surface area contributed by atoms with Gasteiger partial charge >= 0.3 is 6.03 Å². The van der Waals surface area contributed by atoms with Gasteiger partial charge in [0, 0.05) is 18.6 Å². The standard InChI is InChI=1S/C17H28N6O6S/c1-17(5-6-17)21-30(27,28)9-3-4-11-10(7-9)15(25)22(2)16(26)23(11)8-12-19-14(13(18)24)29-20-12/h9-12,14,19-21H,3-8H2,1-2H3,(H2,18,24). The number of nitrogens with one attached hydrogen (secondary N) is 3. The fraction of sp³-hybridized carbons (Fsp3) is 0.824. The highest BCUT2D eigenvalue weighted by atomic mass is 32.2. The van der Waals surface area contributed by atoms with Crippen molar-refractivity contribution in [3.8, 4) is 0 Å². The van der Waals surface area contributed by atoms with Crippen molar-refractivity contribution in [2.24, 2.45) is 11.7 Å². The van der Waals surface area contributed by atoms with Crippen LogP contribution in [0.2, 0.25) is 0 Å². The van der Waals surface area contributed by atoms with Crippen molar-refractivity contribution in [3.05, 3.63) is 0 Å². The Morgan fingerprint density at radius 3 is 2.63 bits per heavy atom. The Hall–Kier alpha value is -1.80. The first-order chi connectivity index (χ1) is 14.0. The topological polar surface area (TPSA) is 163 Å². The van der Waals surface area contributed by atoms with Crippen LogP contribution in [0.4, 0.5) is 4.79 Å². The van der Waals surface area contributed by atoms with E-state index in [-0.39, 0.29) is 24.4 Å². The second kappa shape index (κ2) is 7.41. The highest BCUT2D eigenvalue weighted by Gasteiger charge is 2.52. The van der Waals surface area contributed by atoms with Crippen LogP contribution >= 0.6 is 0 Å². The molecule has 0 bridgehead atoms. The Bertz CT molecular complexity index is 861. The van der Waals surface area contributed by atoms with Gasteiger partial charge in [-0.15, -0.1) is 0 Å². The molecule has 4 amide bonds. The van der Waals surface area contributed by atoms with Crippen molar-refractivity contribution in [3.63, 3.8) is 0 Å². The first kappa shape index (κ1) is 21.4. The maximum atomic E-state index is 12.8. The van der Waals surface area contributed by atoms with Gasteiger partial charge in [0.1, 0.15) is 6.17 Å². The number of hydrogen-bond donors (Lipinski definition) is 4. The van der Waals surface area contributed by atoms with Crippen LogP contribution in [0.25, 0.3) is 0 Å². The van der Waals surface area contributed by atoms with Crippen molar-refractivity contribution < 1.29 is 27.6 Å². The van der Waals surface area contributed by atoms with E-state index in [1.165, 1.54) is 7.05 Å². The molecule has 2 saturated carbocycles. The lowest BCUT2D eigenvalue weighted by Crippen LogP contribution is -2.65. The number of urea groups is 1. The molecule has 5 N–H and O–H groups in total. The number of hydroxylamine groups is 1. The molecule has 2 saturated heterocycles. The summed E-state index contributed by atoms with van der Waals surface area (Å²) in [5.41, 5.74) is 7.46. The van der Waals surface area contributed by atoms with Gasteiger partial charge in [0.2, 0.25) is 22.2 Å². The van der Waals surface area contributed by atoms with Crippen molar-refractivity contribution in [2.45, 2.75) is 68.3 Å². The molecule has 4 fully saturated rings. The average Bonchev–Trinajstić information content (AvgIpc) is 3.21. The summed E-state index contributed by atoms with van der Waals surface area (Å²) in [5.74, 6) is -1.66. The van der Waals surface area contributed by atoms with Crippen LogP contribution in [0.1, 0.15) is 39.0 Å². The third-order valence-electron chi connectivity index (χ3n) is 6.49. The monoisotopic (exact) mass is 444 g/mol. The van der Waals surface area contributed by atoms with E-state index in [4.69, 9.17) is 10.6 Å². The normalized spacial score (nSPS) is 36.0. The molecule has 5 unspecified atom stereocenters. The van der Waals surface area contributed by atoms with Crippen molar-refractivity contribution >= 4 is 27.9 Å². The number of carbonyl (C=O) groups excluding carboxylic acids is 3. The molecule has 13 heteroatoms. The second-order valence-electron chi connectivity index (χ2n) is 8.89. The highest BCUT2D eigenvalue weighted by molar-refractivity contribution is 7.90. The van der Waals surface area contributed by atoms with Gasteiger partial charge in [-0.25, -0.2) is 17.9 Å². The molecular weight excluding hydrogens is 416 g/mol. The minimum absolute atomic E-state index is 0.134. The zero-order valence-electron chi connectivity index (χ0n) is 17.0. The quantitative estimate of drug-likeness (QED) is 0.371. The minimum atomic E-state index is -3.56. The molecule has 30 heavy (non-hydrogen) atoms. The van der Waals surface area contributed by atoms with Crippen LogP contribution < -0.4 is 21.3 Å². The summed E-state index contributed by atoms with van der Waals surface area (Å²) in [7, 11) is -2.16. The van der Waals surface area contributed by atoms with E-state index in [1.54, 1.807) is 4.90 Å². The summed E-state index contributed by atoms with van der Waals surface area (Å²) in [5, 5.41) is 2.16. The third kappa shape index (κ3) is 3.91. The predicted octanol–water partition coefficient (Wildman–Crippen LogP) is -1.85. The molecule has 0 aromatic heterocycles. The first-order valence-corrected chi connectivity index (χ1v) is 11.6. The lowest BCUT2D eigenvalue weighted by Gasteiger charge is -2.47. The number of hydrogen-bond acceptors (Lipinski definition) is 8. The molecule has 168 valence electrons. The van der Waals surface area contributed by atoms with E-state index in [2.05, 4.69) is 15.5 Å². The number of amides is 4. The number of nitrogens with two attached hydrogens (primary N) is 1. The van der Waals surface area contributed by atoms with Gasteiger partial charge in [0.05, 0.1) is 17.7 Å². The summed E-state index contributed by atoms with van der Waals surface area (Å²) in [6.07, 6.45) is 0.974. The molecule has 4 aliphatic rings. The number of fused-ring (bicyclic) bond motifs is 1. The van der Waals surface area contributed by atoms with E-state index in [0.29, 0.717) is 12.8 Å². The maximum absolute atomic E-state index is 12.8. The third-order valence-corrected chi connectivity index (χ3v) is 8.58. The zero-order valence-corrected chi connectivity index (χ0v) is 17.8. The van der Waals surface area contributed by atoms with Crippen molar-refractivity contribution in [1.82, 2.24) is 25.3 Å². The highest BCUT2D eigenvalue weighted by Crippen LogP contribution is 2.39. The fourth-order valence-corrected chi connectivity index (χ4v) is 6.44. The van der Waals surface area contributed by atoms with Gasteiger partial charge < -0.3 is 10.6 Å². The molecule has 0 radical (unpaired) electrons. The Morgan fingerprint density at radius 2 is 2.03 bits per heavy atom. The summed E-state index contributed by atoms with van der Waals surface area (Å²) in [4.78, 5) is 44.5. The van der Waals surface area contributed by atoms with Crippen LogP contribution in [0.3, 0.4) is 0 Å². The van der Waals surface area contributed by atoms with Gasteiger partial charge in [-0.2, -0.15) is 5.48 Å². The summed E-state index contributed by atoms with van der Waals surface area (Å²) in [6.45, 7) is 2.01. The van der Waals surface area contributed by atoms with E-state index in [0.717, 1.165) is 17.7 Å². The predicted molar refractivity (Wildman–Crippen MR) is 104 cm³/mol. The molecule has 0 aromatic rings. The lowest BCUT2D eigenvalue weighted by molar-refractivity contribution is -0.139. The minimum Gasteiger partial charge on any atom is -0.366 e. The van der Waals surface area contributed by atoms with Crippen LogP contribution in [0.5, 0.6) is 0 Å². The Kier molecular flexibility index (Phi) is 5.29. The smallest absolute Gasteiger partial charge is 0.326 e. The summed E-state index contributed by atoms with van der Waals surface area (Å²) in [6, 6.07) is -0.877. The van der Waals surface area contributed by atoms with E-state index < -0.39 is 51.6 Å². The summed E-state index contributed by atoms with van der Waals surface area (Å²) >= 11 is 0. The first-order valence-electron chi connectivity index (χ1n) is 10.1. The van der Waals surface area contributed by atoms with Gasteiger partial charge in [-0.05, 0) is 39.0 Å². The van der Waals surface area contributed by atoms with Gasteiger partial charge in [-0.3, -0.25) is 24.6 Å². The summed E-state index contributed by atoms with van der Waals surface area (Å²) < 4.78 is 28.4. The molecule has 2 aliphatic heterocycles. The van der Waals surface area contributed by atoms with Gasteiger partial charge in [0.15, 0.2) is 0 Å². The van der Waals surface area contributed by atoms with Crippen LogP contribution in [-0.4, -0.2) is 78.9 Å². The number of nitrogens with zero attached hydrogens (tertiary/aromatic N) is 2. The molecule has 2 aliphatic carbocycles. The molecule has 5 atom stereocenters. The number of sulfonamides is 1. The SMILES string of the molecule is CN1C(=O)C2CC(S(=O)(=O)NC3(C)CC3)CCC2N(CC2NOC(C(N)=O)N2)C1=O. The Balaban J connectivity index is 1.48. The Morgan fingerprint density at radius 1 is 1.33 bits per heavy atom. The number of imide groups is 1. The fourth-order valence-electron chi connectivity index (χ4n) is 4.47. The number of primary amides is 1. The lowest BCUT2D eigenvalue weighted by atomic mass is 9.81. The van der Waals surface area contributed by atoms with E-state index in [9.17, 15) is 22.8 Å². The number of carbonyl (C=O) groups is 3. The molecule has 12 nitrogen and oxygen atoms in total. The van der Waals surface area contributed by atoms with E-state index in [1.807, 2.05) is 6.92 Å². The van der Waals surface area contributed by atoms with Crippen LogP contribution in [0.15, 0.2) is 0 Å². The maximum Gasteiger partial charge on any atom is 0.326 e. The van der Waals surface area contributed by atoms with Crippen LogP contribution in [-0.2, 0) is 24.4 Å². The molecule has 2 heterocycles. The number of rotatable bonds is 6. The molecule has 0 spiro atoms. The molecule has 0 aromatic carbocycles. The van der Waals surface area contributed by atoms with Crippen molar-refractivity contribution in [2.75, 3.05) is 13.6 Å².